The lowest BCUT2D eigenvalue weighted by Crippen LogP contribution is -2.41. The molecule has 0 aromatic carbocycles. The Labute approximate surface area is 221 Å². The van der Waals surface area contributed by atoms with Gasteiger partial charge in [0.25, 0.3) is 0 Å². The van der Waals surface area contributed by atoms with Crippen LogP contribution in [0.4, 0.5) is 4.79 Å². The second-order valence-corrected chi connectivity index (χ2v) is 9.67. The Bertz CT molecular complexity index is 668. The maximum Gasteiger partial charge on any atom is 0.407 e. The molecule has 12 nitrogen and oxygen atoms in total. The number of nitrogens with one attached hydrogen (secondary N) is 5. The summed E-state index contributed by atoms with van der Waals surface area (Å²) in [4.78, 5) is 61.2. The van der Waals surface area contributed by atoms with Crippen molar-refractivity contribution in [3.05, 3.63) is 0 Å². The Morgan fingerprint density at radius 1 is 0.568 bits per heavy atom. The van der Waals surface area contributed by atoms with E-state index in [1.165, 1.54) is 0 Å². The fourth-order valence-electron chi connectivity index (χ4n) is 3.10. The summed E-state index contributed by atoms with van der Waals surface area (Å²) in [5.74, 6) is -0.409. The van der Waals surface area contributed by atoms with Crippen LogP contribution in [0.5, 0.6) is 0 Å². The number of ether oxygens (including phenoxy) is 1. The molecule has 0 aliphatic rings. The predicted octanol–water partition coefficient (Wildman–Crippen LogP) is 0.658. The van der Waals surface area contributed by atoms with Gasteiger partial charge in [0.05, 0.1) is 0 Å². The first kappa shape index (κ1) is 34.1. The SMILES string of the molecule is CCCC(=O)NCCNC(=O)CCN(CCNC(=O)OC(C)(C)C)CCC(=O)NCCNC(=O)CCC. The number of carbonyl (C=O) groups excluding carboxylic acids is 5. The molecule has 214 valence electrons. The third-order valence-electron chi connectivity index (χ3n) is 4.90. The molecule has 0 saturated carbocycles. The summed E-state index contributed by atoms with van der Waals surface area (Å²) >= 11 is 0. The summed E-state index contributed by atoms with van der Waals surface area (Å²) in [6.07, 6.45) is 2.34. The molecule has 5 N–H and O–H groups in total. The lowest BCUT2D eigenvalue weighted by molar-refractivity contribution is -0.123. The highest BCUT2D eigenvalue weighted by Gasteiger charge is 2.16. The van der Waals surface area contributed by atoms with Crippen molar-refractivity contribution in [2.45, 2.75) is 78.7 Å². The van der Waals surface area contributed by atoms with Gasteiger partial charge in [-0.1, -0.05) is 13.8 Å². The number of amides is 5. The molecule has 37 heavy (non-hydrogen) atoms. The van der Waals surface area contributed by atoms with Crippen LogP contribution in [0.1, 0.15) is 73.1 Å². The number of hydrogen-bond acceptors (Lipinski definition) is 7. The molecule has 0 bridgehead atoms. The predicted molar refractivity (Wildman–Crippen MR) is 142 cm³/mol. The van der Waals surface area contributed by atoms with E-state index in [1.54, 1.807) is 20.8 Å². The van der Waals surface area contributed by atoms with Gasteiger partial charge in [-0.15, -0.1) is 0 Å². The summed E-state index contributed by atoms with van der Waals surface area (Å²) in [5.41, 5.74) is -0.605. The zero-order chi connectivity index (χ0) is 28.1. The first-order valence-electron chi connectivity index (χ1n) is 13.2. The average Bonchev–Trinajstić information content (AvgIpc) is 2.80. The summed E-state index contributed by atoms with van der Waals surface area (Å²) in [5, 5.41) is 13.7. The Kier molecular flexibility index (Phi) is 18.6. The van der Waals surface area contributed by atoms with Gasteiger partial charge in [0, 0.05) is 78.0 Å². The van der Waals surface area contributed by atoms with Crippen LogP contribution in [-0.4, -0.2) is 92.6 Å². The molecule has 12 heteroatoms. The molecule has 5 amide bonds. The third kappa shape index (κ3) is 22.1. The van der Waals surface area contributed by atoms with E-state index >= 15 is 0 Å². The standard InChI is InChI=1S/C25H48N6O6/c1-6-8-20(32)26-12-14-28-22(34)10-17-31(19-16-30-24(36)37-25(3,4)5)18-11-23(35)29-15-13-27-21(33)9-7-2/h6-19H2,1-5H3,(H,26,32)(H,27,33)(H,28,34)(H,29,35)(H,30,36). The summed E-state index contributed by atoms with van der Waals surface area (Å²) in [6.45, 7) is 12.1. The lowest BCUT2D eigenvalue weighted by atomic mass is 10.2. The van der Waals surface area contributed by atoms with Crippen molar-refractivity contribution < 1.29 is 28.7 Å². The fourth-order valence-corrected chi connectivity index (χ4v) is 3.10. The zero-order valence-corrected chi connectivity index (χ0v) is 23.3. The molecule has 0 radical (unpaired) electrons. The van der Waals surface area contributed by atoms with E-state index < -0.39 is 11.7 Å². The number of rotatable bonds is 19. The van der Waals surface area contributed by atoms with Crippen LogP contribution in [0.15, 0.2) is 0 Å². The molecular formula is C25H48N6O6. The highest BCUT2D eigenvalue weighted by molar-refractivity contribution is 5.78. The molecule has 0 aliphatic carbocycles. The zero-order valence-electron chi connectivity index (χ0n) is 23.3. The first-order valence-corrected chi connectivity index (χ1v) is 13.2. The van der Waals surface area contributed by atoms with Crippen molar-refractivity contribution in [1.29, 1.82) is 0 Å². The monoisotopic (exact) mass is 528 g/mol. The van der Waals surface area contributed by atoms with Gasteiger partial charge in [0.15, 0.2) is 0 Å². The van der Waals surface area contributed by atoms with E-state index in [2.05, 4.69) is 26.6 Å². The maximum absolute atomic E-state index is 12.2. The highest BCUT2D eigenvalue weighted by atomic mass is 16.6. The topological polar surface area (TPSA) is 158 Å². The minimum Gasteiger partial charge on any atom is -0.444 e. The minimum absolute atomic E-state index is 0.0398. The van der Waals surface area contributed by atoms with Crippen molar-refractivity contribution in [2.75, 3.05) is 52.4 Å². The maximum atomic E-state index is 12.2. The molecule has 0 aromatic heterocycles. The summed E-state index contributed by atoms with van der Waals surface area (Å²) in [6, 6.07) is 0. The second kappa shape index (κ2) is 20.2. The van der Waals surface area contributed by atoms with Gasteiger partial charge in [-0.3, -0.25) is 19.2 Å². The van der Waals surface area contributed by atoms with Gasteiger partial charge in [-0.05, 0) is 33.6 Å². The van der Waals surface area contributed by atoms with Crippen LogP contribution in [-0.2, 0) is 23.9 Å². The van der Waals surface area contributed by atoms with Crippen molar-refractivity contribution in [3.8, 4) is 0 Å². The number of carbonyl (C=O) groups is 5. The van der Waals surface area contributed by atoms with Crippen LogP contribution < -0.4 is 26.6 Å². The molecule has 0 saturated heterocycles. The van der Waals surface area contributed by atoms with Crippen LogP contribution >= 0.6 is 0 Å². The van der Waals surface area contributed by atoms with E-state index in [9.17, 15) is 24.0 Å². The average molecular weight is 529 g/mol. The van der Waals surface area contributed by atoms with Crippen molar-refractivity contribution >= 4 is 29.7 Å². The normalized spacial score (nSPS) is 11.0. The minimum atomic E-state index is -0.605. The number of alkyl carbamates (subject to hydrolysis) is 1. The van der Waals surface area contributed by atoms with Crippen LogP contribution in [0.25, 0.3) is 0 Å². The van der Waals surface area contributed by atoms with Crippen LogP contribution in [0, 0.1) is 0 Å². The van der Waals surface area contributed by atoms with Crippen molar-refractivity contribution in [3.63, 3.8) is 0 Å². The second-order valence-electron chi connectivity index (χ2n) is 9.67. The Balaban J connectivity index is 4.51. The van der Waals surface area contributed by atoms with Gasteiger partial charge in [-0.2, -0.15) is 0 Å². The van der Waals surface area contributed by atoms with E-state index in [0.29, 0.717) is 65.2 Å². The Morgan fingerprint density at radius 2 is 0.946 bits per heavy atom. The molecule has 0 heterocycles. The smallest absolute Gasteiger partial charge is 0.407 e. The van der Waals surface area contributed by atoms with Gasteiger partial charge in [-0.25, -0.2) is 4.79 Å². The molecule has 0 spiro atoms. The number of hydrogen-bond donors (Lipinski definition) is 5. The van der Waals surface area contributed by atoms with E-state index in [4.69, 9.17) is 4.74 Å². The van der Waals surface area contributed by atoms with Crippen LogP contribution in [0.3, 0.4) is 0 Å². The van der Waals surface area contributed by atoms with E-state index in [1.807, 2.05) is 18.7 Å². The van der Waals surface area contributed by atoms with Gasteiger partial charge in [0.2, 0.25) is 23.6 Å². The lowest BCUT2D eigenvalue weighted by Gasteiger charge is -2.23. The summed E-state index contributed by atoms with van der Waals surface area (Å²) in [7, 11) is 0. The highest BCUT2D eigenvalue weighted by Crippen LogP contribution is 2.06. The molecule has 0 aliphatic heterocycles. The molecule has 0 unspecified atom stereocenters. The van der Waals surface area contributed by atoms with Gasteiger partial charge >= 0.3 is 6.09 Å². The summed E-state index contributed by atoms with van der Waals surface area (Å²) < 4.78 is 5.23. The van der Waals surface area contributed by atoms with E-state index in [0.717, 1.165) is 12.8 Å². The number of nitrogens with zero attached hydrogens (tertiary/aromatic N) is 1. The largest absolute Gasteiger partial charge is 0.444 e. The molecule has 0 atom stereocenters. The molecular weight excluding hydrogens is 480 g/mol. The third-order valence-corrected chi connectivity index (χ3v) is 4.90. The molecule has 0 fully saturated rings. The quantitative estimate of drug-likeness (QED) is 0.154. The molecule has 0 rings (SSSR count). The van der Waals surface area contributed by atoms with Gasteiger partial charge in [0.1, 0.15) is 5.60 Å². The fraction of sp³-hybridized carbons (Fsp3) is 0.800. The Morgan fingerprint density at radius 3 is 1.30 bits per heavy atom. The first-order chi connectivity index (χ1) is 17.5. The Hall–Kier alpha value is -2.89. The van der Waals surface area contributed by atoms with Crippen LogP contribution in [0.2, 0.25) is 0 Å². The molecule has 0 aromatic rings. The van der Waals surface area contributed by atoms with Crippen molar-refractivity contribution in [2.24, 2.45) is 0 Å². The van der Waals surface area contributed by atoms with Crippen molar-refractivity contribution in [1.82, 2.24) is 31.5 Å². The van der Waals surface area contributed by atoms with Gasteiger partial charge < -0.3 is 36.2 Å². The van der Waals surface area contributed by atoms with E-state index in [-0.39, 0.29) is 36.5 Å².